The van der Waals surface area contributed by atoms with Gasteiger partial charge < -0.3 is 10.6 Å². The second kappa shape index (κ2) is 11.4. The molecular formula is C18H26FIN4S. The van der Waals surface area contributed by atoms with Crippen LogP contribution in [0.1, 0.15) is 35.0 Å². The summed E-state index contributed by atoms with van der Waals surface area (Å²) in [6.07, 6.45) is 1.85. The van der Waals surface area contributed by atoms with Crippen molar-refractivity contribution in [3.8, 4) is 0 Å². The molecule has 2 N–H and O–H groups in total. The average Bonchev–Trinajstić information content (AvgIpc) is 2.92. The molecule has 0 radical (unpaired) electrons. The number of aliphatic imine (C=N–C) groups is 1. The van der Waals surface area contributed by atoms with E-state index < -0.39 is 0 Å². The molecule has 0 saturated carbocycles. The van der Waals surface area contributed by atoms with Crippen LogP contribution in [-0.4, -0.2) is 24.0 Å². The lowest BCUT2D eigenvalue weighted by molar-refractivity contribution is 0.625. The molecule has 0 fully saturated rings. The van der Waals surface area contributed by atoms with Gasteiger partial charge in [-0.05, 0) is 38.0 Å². The van der Waals surface area contributed by atoms with Crippen LogP contribution in [0, 0.1) is 12.7 Å². The highest BCUT2D eigenvalue weighted by atomic mass is 127. The normalized spacial score (nSPS) is 11.1. The molecule has 4 nitrogen and oxygen atoms in total. The molecule has 138 valence electrons. The Labute approximate surface area is 170 Å². The molecule has 0 aliphatic carbocycles. The van der Waals surface area contributed by atoms with Gasteiger partial charge in [0.05, 0.1) is 17.2 Å². The molecular weight excluding hydrogens is 450 g/mol. The Kier molecular flexibility index (Phi) is 9.96. The average molecular weight is 476 g/mol. The standard InChI is InChI=1S/C18H25FN4S.HI/c1-4-16-13(3)24-17(23-16)9-10-21-18(20-5-2)22-12-14-7-6-8-15(19)11-14;/h6-8,11H,4-5,9-10,12H2,1-3H3,(H2,20,21,22);1H. The molecule has 0 aliphatic heterocycles. The number of hydrogen-bond donors (Lipinski definition) is 2. The Morgan fingerprint density at radius 3 is 2.72 bits per heavy atom. The summed E-state index contributed by atoms with van der Waals surface area (Å²) in [5.74, 6) is 0.511. The van der Waals surface area contributed by atoms with Gasteiger partial charge in [0.25, 0.3) is 0 Å². The van der Waals surface area contributed by atoms with Crippen LogP contribution in [0.25, 0.3) is 0 Å². The molecule has 0 atom stereocenters. The molecule has 1 aromatic heterocycles. The van der Waals surface area contributed by atoms with E-state index in [9.17, 15) is 4.39 Å². The van der Waals surface area contributed by atoms with Crippen LogP contribution in [-0.2, 0) is 19.4 Å². The maximum Gasteiger partial charge on any atom is 0.191 e. The van der Waals surface area contributed by atoms with E-state index in [1.165, 1.54) is 22.7 Å². The van der Waals surface area contributed by atoms with Gasteiger partial charge in [-0.15, -0.1) is 35.3 Å². The van der Waals surface area contributed by atoms with Crippen molar-refractivity contribution in [1.82, 2.24) is 15.6 Å². The zero-order valence-corrected chi connectivity index (χ0v) is 18.1. The molecule has 0 bridgehead atoms. The summed E-state index contributed by atoms with van der Waals surface area (Å²) in [5, 5.41) is 7.67. The molecule has 0 unspecified atom stereocenters. The highest BCUT2D eigenvalue weighted by Gasteiger charge is 2.06. The number of aryl methyl sites for hydroxylation is 2. The topological polar surface area (TPSA) is 49.3 Å². The lowest BCUT2D eigenvalue weighted by Crippen LogP contribution is -2.38. The summed E-state index contributed by atoms with van der Waals surface area (Å²) < 4.78 is 13.2. The maximum absolute atomic E-state index is 13.2. The minimum atomic E-state index is -0.230. The maximum atomic E-state index is 13.2. The van der Waals surface area contributed by atoms with E-state index in [0.29, 0.717) is 6.54 Å². The van der Waals surface area contributed by atoms with Gasteiger partial charge in [0.1, 0.15) is 5.82 Å². The largest absolute Gasteiger partial charge is 0.357 e. The van der Waals surface area contributed by atoms with Gasteiger partial charge in [0.2, 0.25) is 0 Å². The fourth-order valence-corrected chi connectivity index (χ4v) is 3.38. The van der Waals surface area contributed by atoms with Crippen LogP contribution in [0.3, 0.4) is 0 Å². The monoisotopic (exact) mass is 476 g/mol. The molecule has 1 heterocycles. The number of nitrogens with one attached hydrogen (secondary N) is 2. The first-order valence-electron chi connectivity index (χ1n) is 8.34. The predicted molar refractivity (Wildman–Crippen MR) is 115 cm³/mol. The van der Waals surface area contributed by atoms with Gasteiger partial charge in [-0.25, -0.2) is 14.4 Å². The number of benzene rings is 1. The zero-order chi connectivity index (χ0) is 17.4. The first-order valence-corrected chi connectivity index (χ1v) is 9.15. The number of rotatable bonds is 7. The third kappa shape index (κ3) is 7.27. The van der Waals surface area contributed by atoms with Crippen molar-refractivity contribution < 1.29 is 4.39 Å². The number of guanidine groups is 1. The van der Waals surface area contributed by atoms with Crippen molar-refractivity contribution in [2.24, 2.45) is 4.99 Å². The van der Waals surface area contributed by atoms with Crippen LogP contribution in [0.4, 0.5) is 4.39 Å². The van der Waals surface area contributed by atoms with Crippen LogP contribution in [0.2, 0.25) is 0 Å². The van der Waals surface area contributed by atoms with E-state index in [-0.39, 0.29) is 29.8 Å². The Morgan fingerprint density at radius 2 is 2.08 bits per heavy atom. The fourth-order valence-electron chi connectivity index (χ4n) is 2.36. The van der Waals surface area contributed by atoms with Crippen molar-refractivity contribution in [2.75, 3.05) is 13.1 Å². The fraction of sp³-hybridized carbons (Fsp3) is 0.444. The number of halogens is 2. The minimum absolute atomic E-state index is 0. The smallest absolute Gasteiger partial charge is 0.191 e. The van der Waals surface area contributed by atoms with E-state index in [1.54, 1.807) is 17.4 Å². The summed E-state index contributed by atoms with van der Waals surface area (Å²) in [7, 11) is 0. The predicted octanol–water partition coefficient (Wildman–Crippen LogP) is 4.07. The van der Waals surface area contributed by atoms with Gasteiger partial charge in [0.15, 0.2) is 5.96 Å². The summed E-state index contributed by atoms with van der Waals surface area (Å²) in [4.78, 5) is 10.5. The van der Waals surface area contributed by atoms with Gasteiger partial charge in [0, 0.05) is 24.4 Å². The third-order valence-electron chi connectivity index (χ3n) is 3.56. The Bertz CT molecular complexity index is 687. The van der Waals surface area contributed by atoms with Crippen LogP contribution in [0.5, 0.6) is 0 Å². The Balaban J connectivity index is 0.00000312. The quantitative estimate of drug-likeness (QED) is 0.360. The molecule has 0 amide bonds. The molecule has 0 spiro atoms. The molecule has 2 aromatic rings. The lowest BCUT2D eigenvalue weighted by Gasteiger charge is -2.10. The summed E-state index contributed by atoms with van der Waals surface area (Å²) in [5.41, 5.74) is 2.05. The van der Waals surface area contributed by atoms with E-state index in [0.717, 1.165) is 42.5 Å². The van der Waals surface area contributed by atoms with E-state index in [1.807, 2.05) is 13.0 Å². The Hall–Kier alpha value is -1.22. The molecule has 25 heavy (non-hydrogen) atoms. The minimum Gasteiger partial charge on any atom is -0.357 e. The van der Waals surface area contributed by atoms with Gasteiger partial charge in [-0.1, -0.05) is 19.1 Å². The Morgan fingerprint density at radius 1 is 1.28 bits per heavy atom. The number of nitrogens with zero attached hydrogens (tertiary/aromatic N) is 2. The van der Waals surface area contributed by atoms with Gasteiger partial charge in [-0.2, -0.15) is 0 Å². The zero-order valence-electron chi connectivity index (χ0n) is 14.9. The first kappa shape index (κ1) is 21.8. The van der Waals surface area contributed by atoms with Crippen molar-refractivity contribution in [2.45, 2.75) is 40.2 Å². The second-order valence-corrected chi connectivity index (χ2v) is 6.75. The van der Waals surface area contributed by atoms with E-state index in [4.69, 9.17) is 0 Å². The number of thiazole rings is 1. The SMILES string of the molecule is CCNC(=NCc1cccc(F)c1)NCCc1nc(CC)c(C)s1.I. The second-order valence-electron chi connectivity index (χ2n) is 5.47. The summed E-state index contributed by atoms with van der Waals surface area (Å²) >= 11 is 1.76. The molecule has 2 rings (SSSR count). The summed E-state index contributed by atoms with van der Waals surface area (Å²) in [6.45, 7) is 8.28. The van der Waals surface area contributed by atoms with Crippen LogP contribution >= 0.6 is 35.3 Å². The molecule has 1 aromatic carbocycles. The van der Waals surface area contributed by atoms with Crippen molar-refractivity contribution in [1.29, 1.82) is 0 Å². The molecule has 0 aliphatic rings. The molecule has 7 heteroatoms. The summed E-state index contributed by atoms with van der Waals surface area (Å²) in [6, 6.07) is 6.53. The first-order chi connectivity index (χ1) is 11.6. The van der Waals surface area contributed by atoms with E-state index >= 15 is 0 Å². The highest BCUT2D eigenvalue weighted by Crippen LogP contribution is 2.17. The highest BCUT2D eigenvalue weighted by molar-refractivity contribution is 14.0. The van der Waals surface area contributed by atoms with Crippen LogP contribution in [0.15, 0.2) is 29.3 Å². The lowest BCUT2D eigenvalue weighted by atomic mass is 10.2. The van der Waals surface area contributed by atoms with E-state index in [2.05, 4.69) is 34.5 Å². The van der Waals surface area contributed by atoms with Crippen molar-refractivity contribution in [3.63, 3.8) is 0 Å². The third-order valence-corrected chi connectivity index (χ3v) is 4.63. The van der Waals surface area contributed by atoms with Crippen LogP contribution < -0.4 is 10.6 Å². The number of hydrogen-bond acceptors (Lipinski definition) is 3. The van der Waals surface area contributed by atoms with Gasteiger partial charge >= 0.3 is 0 Å². The van der Waals surface area contributed by atoms with Gasteiger partial charge in [-0.3, -0.25) is 0 Å². The number of aromatic nitrogens is 1. The van der Waals surface area contributed by atoms with Crippen molar-refractivity contribution >= 4 is 41.3 Å². The molecule has 0 saturated heterocycles. The van der Waals surface area contributed by atoms with Crippen molar-refractivity contribution in [3.05, 3.63) is 51.2 Å².